The Bertz CT molecular complexity index is 607. The molecule has 4 heteroatoms. The van der Waals surface area contributed by atoms with E-state index < -0.39 is 0 Å². The van der Waals surface area contributed by atoms with Gasteiger partial charge < -0.3 is 11.1 Å². The van der Waals surface area contributed by atoms with Crippen molar-refractivity contribution in [1.82, 2.24) is 9.97 Å². The lowest BCUT2D eigenvalue weighted by Crippen LogP contribution is -2.30. The second-order valence-electron chi connectivity index (χ2n) is 6.24. The van der Waals surface area contributed by atoms with Gasteiger partial charge in [-0.1, -0.05) is 32.0 Å². The minimum atomic E-state index is 0.0412. The monoisotopic (exact) mass is 268 g/mol. The molecule has 20 heavy (non-hydrogen) atoms. The average molecular weight is 268 g/mol. The third-order valence-electron chi connectivity index (χ3n) is 3.75. The van der Waals surface area contributed by atoms with Crippen LogP contribution in [-0.2, 0) is 6.42 Å². The number of nitrogens with zero attached hydrogens (tertiary/aromatic N) is 2. The summed E-state index contributed by atoms with van der Waals surface area (Å²) in [6.45, 7) is 4.48. The van der Waals surface area contributed by atoms with Gasteiger partial charge in [-0.05, 0) is 30.4 Å². The number of benzene rings is 1. The van der Waals surface area contributed by atoms with Crippen LogP contribution in [0.25, 0.3) is 0 Å². The Hall–Kier alpha value is -1.94. The fourth-order valence-electron chi connectivity index (χ4n) is 2.82. The molecule has 1 aromatic carbocycles. The molecule has 0 aliphatic heterocycles. The van der Waals surface area contributed by atoms with E-state index in [9.17, 15) is 0 Å². The topological polar surface area (TPSA) is 63.8 Å². The lowest BCUT2D eigenvalue weighted by Gasteiger charge is -2.34. The Labute approximate surface area is 119 Å². The predicted molar refractivity (Wildman–Crippen MR) is 80.8 cm³/mol. The van der Waals surface area contributed by atoms with Crippen molar-refractivity contribution in [2.24, 2.45) is 11.1 Å². The van der Waals surface area contributed by atoms with E-state index in [1.54, 1.807) is 0 Å². The van der Waals surface area contributed by atoms with E-state index in [1.165, 1.54) is 0 Å². The summed E-state index contributed by atoms with van der Waals surface area (Å²) in [4.78, 5) is 9.04. The number of fused-ring (bicyclic) bond motifs is 1. The molecule has 0 bridgehead atoms. The van der Waals surface area contributed by atoms with Crippen molar-refractivity contribution in [3.8, 4) is 0 Å². The lowest BCUT2D eigenvalue weighted by atomic mass is 9.74. The highest BCUT2D eigenvalue weighted by Gasteiger charge is 2.31. The molecule has 104 valence electrons. The third kappa shape index (κ3) is 2.65. The number of nitrogens with one attached hydrogen (secondary N) is 1. The number of nitrogens with two attached hydrogens (primary N) is 1. The number of para-hydroxylation sites is 1. The van der Waals surface area contributed by atoms with Crippen LogP contribution in [-0.4, -0.2) is 9.97 Å². The maximum atomic E-state index is 6.22. The Morgan fingerprint density at radius 3 is 2.75 bits per heavy atom. The molecule has 1 heterocycles. The lowest BCUT2D eigenvalue weighted by molar-refractivity contribution is 0.278. The highest BCUT2D eigenvalue weighted by molar-refractivity contribution is 5.53. The Morgan fingerprint density at radius 2 is 2.00 bits per heavy atom. The first kappa shape index (κ1) is 13.1. The van der Waals surface area contributed by atoms with Crippen LogP contribution in [0.4, 0.5) is 11.6 Å². The molecule has 3 N–H and O–H groups in total. The fourth-order valence-corrected chi connectivity index (χ4v) is 2.82. The van der Waals surface area contributed by atoms with Gasteiger partial charge in [0, 0.05) is 23.5 Å². The van der Waals surface area contributed by atoms with Crippen molar-refractivity contribution in [1.29, 1.82) is 0 Å². The Kier molecular flexibility index (Phi) is 3.18. The summed E-state index contributed by atoms with van der Waals surface area (Å²) in [5.41, 5.74) is 9.57. The van der Waals surface area contributed by atoms with Crippen molar-refractivity contribution in [2.75, 3.05) is 5.32 Å². The maximum absolute atomic E-state index is 6.22. The second-order valence-corrected chi connectivity index (χ2v) is 6.24. The number of rotatable bonds is 2. The molecule has 1 unspecified atom stereocenters. The van der Waals surface area contributed by atoms with Gasteiger partial charge in [-0.25, -0.2) is 9.97 Å². The van der Waals surface area contributed by atoms with Gasteiger partial charge in [0.1, 0.15) is 0 Å². The van der Waals surface area contributed by atoms with Gasteiger partial charge in [0.05, 0.1) is 5.69 Å². The van der Waals surface area contributed by atoms with Crippen LogP contribution in [0.15, 0.2) is 36.5 Å². The van der Waals surface area contributed by atoms with Crippen LogP contribution in [0.5, 0.6) is 0 Å². The quantitative estimate of drug-likeness (QED) is 0.878. The molecule has 0 fully saturated rings. The van der Waals surface area contributed by atoms with Gasteiger partial charge >= 0.3 is 0 Å². The third-order valence-corrected chi connectivity index (χ3v) is 3.75. The summed E-state index contributed by atoms with van der Waals surface area (Å²) in [6.07, 6.45) is 3.80. The van der Waals surface area contributed by atoms with E-state index in [-0.39, 0.29) is 11.5 Å². The van der Waals surface area contributed by atoms with Gasteiger partial charge in [0.15, 0.2) is 0 Å². The number of aromatic nitrogens is 2. The SMILES string of the molecule is CC1(C)Cc2nc(Nc3ccccc3)ncc2C(N)C1. The van der Waals surface area contributed by atoms with Gasteiger partial charge in [0.25, 0.3) is 0 Å². The zero-order valence-electron chi connectivity index (χ0n) is 11.9. The van der Waals surface area contributed by atoms with E-state index in [0.717, 1.165) is 29.8 Å². The van der Waals surface area contributed by atoms with Gasteiger partial charge in [-0.3, -0.25) is 0 Å². The Morgan fingerprint density at radius 1 is 1.25 bits per heavy atom. The molecule has 0 amide bonds. The van der Waals surface area contributed by atoms with Crippen molar-refractivity contribution in [3.05, 3.63) is 47.8 Å². The second kappa shape index (κ2) is 4.87. The molecule has 4 nitrogen and oxygen atoms in total. The molecule has 0 saturated carbocycles. The number of anilines is 2. The molecule has 1 atom stereocenters. The summed E-state index contributed by atoms with van der Waals surface area (Å²) in [6, 6.07) is 10.00. The van der Waals surface area contributed by atoms with Crippen LogP contribution < -0.4 is 11.1 Å². The standard InChI is InChI=1S/C16H20N4/c1-16(2)8-13(17)12-10-18-15(20-14(12)9-16)19-11-6-4-3-5-7-11/h3-7,10,13H,8-9,17H2,1-2H3,(H,18,19,20). The fraction of sp³-hybridized carbons (Fsp3) is 0.375. The molecule has 0 radical (unpaired) electrons. The number of hydrogen-bond acceptors (Lipinski definition) is 4. The van der Waals surface area contributed by atoms with E-state index in [1.807, 2.05) is 36.5 Å². The van der Waals surface area contributed by atoms with Crippen LogP contribution in [0, 0.1) is 5.41 Å². The predicted octanol–water partition coefficient (Wildman–Crippen LogP) is 3.19. The van der Waals surface area contributed by atoms with E-state index in [0.29, 0.717) is 5.95 Å². The molecule has 0 spiro atoms. The van der Waals surface area contributed by atoms with E-state index in [4.69, 9.17) is 5.73 Å². The van der Waals surface area contributed by atoms with Crippen LogP contribution in [0.3, 0.4) is 0 Å². The smallest absolute Gasteiger partial charge is 0.227 e. The summed E-state index contributed by atoms with van der Waals surface area (Å²) >= 11 is 0. The van der Waals surface area contributed by atoms with Crippen LogP contribution in [0.1, 0.15) is 37.6 Å². The summed E-state index contributed by atoms with van der Waals surface area (Å²) in [5, 5.41) is 3.23. The Balaban J connectivity index is 1.89. The molecule has 0 saturated heterocycles. The normalized spacial score (nSPS) is 20.2. The first-order chi connectivity index (χ1) is 9.53. The molecule has 3 rings (SSSR count). The largest absolute Gasteiger partial charge is 0.324 e. The van der Waals surface area contributed by atoms with Crippen molar-refractivity contribution < 1.29 is 0 Å². The summed E-state index contributed by atoms with van der Waals surface area (Å²) < 4.78 is 0. The van der Waals surface area contributed by atoms with Crippen LogP contribution >= 0.6 is 0 Å². The van der Waals surface area contributed by atoms with Gasteiger partial charge in [-0.15, -0.1) is 0 Å². The molecule has 1 aliphatic carbocycles. The van der Waals surface area contributed by atoms with Crippen molar-refractivity contribution in [2.45, 2.75) is 32.7 Å². The minimum Gasteiger partial charge on any atom is -0.324 e. The first-order valence-electron chi connectivity index (χ1n) is 6.97. The molecule has 1 aromatic heterocycles. The molecular weight excluding hydrogens is 248 g/mol. The maximum Gasteiger partial charge on any atom is 0.227 e. The van der Waals surface area contributed by atoms with E-state index in [2.05, 4.69) is 29.1 Å². The van der Waals surface area contributed by atoms with Gasteiger partial charge in [-0.2, -0.15) is 0 Å². The zero-order valence-corrected chi connectivity index (χ0v) is 11.9. The molecule has 2 aromatic rings. The molecular formula is C16H20N4. The molecule has 1 aliphatic rings. The minimum absolute atomic E-state index is 0.0412. The first-order valence-corrected chi connectivity index (χ1v) is 6.97. The van der Waals surface area contributed by atoms with E-state index >= 15 is 0 Å². The van der Waals surface area contributed by atoms with Crippen molar-refractivity contribution in [3.63, 3.8) is 0 Å². The summed E-state index contributed by atoms with van der Waals surface area (Å²) in [7, 11) is 0. The van der Waals surface area contributed by atoms with Crippen molar-refractivity contribution >= 4 is 11.6 Å². The average Bonchev–Trinajstić information content (AvgIpc) is 2.38. The number of hydrogen-bond donors (Lipinski definition) is 2. The highest BCUT2D eigenvalue weighted by Crippen LogP contribution is 2.38. The van der Waals surface area contributed by atoms with Crippen LogP contribution in [0.2, 0.25) is 0 Å². The van der Waals surface area contributed by atoms with Gasteiger partial charge in [0.2, 0.25) is 5.95 Å². The highest BCUT2D eigenvalue weighted by atomic mass is 15.1. The summed E-state index contributed by atoms with van der Waals surface area (Å²) in [5.74, 6) is 0.639. The zero-order chi connectivity index (χ0) is 14.2.